The third-order valence-corrected chi connectivity index (χ3v) is 4.67. The molecule has 5 rings (SSSR count). The van der Waals surface area contributed by atoms with Crippen LogP contribution >= 0.6 is 0 Å². The van der Waals surface area contributed by atoms with Gasteiger partial charge in [0, 0.05) is 22.1 Å². The van der Waals surface area contributed by atoms with E-state index in [2.05, 4.69) is 0 Å². The Morgan fingerprint density at radius 1 is 0.815 bits per heavy atom. The monoisotopic (exact) mass is 353 g/mol. The van der Waals surface area contributed by atoms with Gasteiger partial charge in [-0.05, 0) is 30.3 Å². The number of para-hydroxylation sites is 1. The van der Waals surface area contributed by atoms with Gasteiger partial charge in [0.2, 0.25) is 6.79 Å². The van der Waals surface area contributed by atoms with Crippen molar-refractivity contribution in [2.75, 3.05) is 6.79 Å². The summed E-state index contributed by atoms with van der Waals surface area (Å²) in [5.41, 5.74) is 3.73. The van der Waals surface area contributed by atoms with E-state index in [0.29, 0.717) is 22.6 Å². The van der Waals surface area contributed by atoms with Crippen LogP contribution in [0.25, 0.3) is 22.2 Å². The van der Waals surface area contributed by atoms with Crippen LogP contribution in [-0.4, -0.2) is 17.6 Å². The van der Waals surface area contributed by atoms with Crippen molar-refractivity contribution in [3.05, 3.63) is 90.0 Å². The Hall–Kier alpha value is -3.66. The molecular weight excluding hydrogens is 338 g/mol. The average molecular weight is 353 g/mol. The number of carbonyl (C=O) groups is 1. The third-order valence-electron chi connectivity index (χ3n) is 4.67. The third kappa shape index (κ3) is 2.72. The quantitative estimate of drug-likeness (QED) is 0.494. The Balaban J connectivity index is 1.68. The minimum atomic E-state index is -0.0657. The zero-order chi connectivity index (χ0) is 18.2. The van der Waals surface area contributed by atoms with Crippen molar-refractivity contribution >= 4 is 16.7 Å². The molecular formula is C23H15NO3. The zero-order valence-electron chi connectivity index (χ0n) is 14.4. The fourth-order valence-corrected chi connectivity index (χ4v) is 3.31. The first kappa shape index (κ1) is 15.6. The normalized spacial score (nSPS) is 12.3. The molecule has 4 nitrogen and oxygen atoms in total. The molecule has 27 heavy (non-hydrogen) atoms. The van der Waals surface area contributed by atoms with Gasteiger partial charge in [0.05, 0.1) is 11.2 Å². The SMILES string of the molecule is O=C(c1ccc2c(c1)OCO2)c1cc(-c2ccccc2)nc2ccccc12. The predicted octanol–water partition coefficient (Wildman–Crippen LogP) is 4.86. The molecule has 4 heteroatoms. The summed E-state index contributed by atoms with van der Waals surface area (Å²) in [6.07, 6.45) is 0. The maximum atomic E-state index is 13.3. The van der Waals surface area contributed by atoms with Crippen LogP contribution < -0.4 is 9.47 Å². The average Bonchev–Trinajstić information content (AvgIpc) is 3.21. The predicted molar refractivity (Wildman–Crippen MR) is 103 cm³/mol. The molecule has 0 unspecified atom stereocenters. The Morgan fingerprint density at radius 3 is 2.48 bits per heavy atom. The van der Waals surface area contributed by atoms with Gasteiger partial charge < -0.3 is 9.47 Å². The molecule has 0 spiro atoms. The topological polar surface area (TPSA) is 48.4 Å². The summed E-state index contributed by atoms with van der Waals surface area (Å²) in [6.45, 7) is 0.184. The van der Waals surface area contributed by atoms with Crippen LogP contribution in [0.3, 0.4) is 0 Å². The lowest BCUT2D eigenvalue weighted by atomic mass is 9.97. The van der Waals surface area contributed by atoms with E-state index < -0.39 is 0 Å². The Morgan fingerprint density at radius 2 is 1.59 bits per heavy atom. The summed E-state index contributed by atoms with van der Waals surface area (Å²) in [5.74, 6) is 1.20. The van der Waals surface area contributed by atoms with Gasteiger partial charge in [-0.3, -0.25) is 4.79 Å². The van der Waals surface area contributed by atoms with Crippen LogP contribution in [0.5, 0.6) is 11.5 Å². The molecule has 130 valence electrons. The van der Waals surface area contributed by atoms with Crippen LogP contribution in [0, 0.1) is 0 Å². The van der Waals surface area contributed by atoms with Gasteiger partial charge in [-0.1, -0.05) is 48.5 Å². The number of ketones is 1. The summed E-state index contributed by atoms with van der Waals surface area (Å²) in [4.78, 5) is 18.1. The molecule has 0 saturated heterocycles. The highest BCUT2D eigenvalue weighted by atomic mass is 16.7. The summed E-state index contributed by atoms with van der Waals surface area (Å²) in [7, 11) is 0. The number of rotatable bonds is 3. The maximum absolute atomic E-state index is 13.3. The summed E-state index contributed by atoms with van der Waals surface area (Å²) < 4.78 is 10.8. The molecule has 0 saturated carbocycles. The number of pyridine rings is 1. The number of fused-ring (bicyclic) bond motifs is 2. The Kier molecular flexibility index (Phi) is 3.61. The number of aromatic nitrogens is 1. The molecule has 1 aliphatic rings. The van der Waals surface area contributed by atoms with Crippen LogP contribution in [-0.2, 0) is 0 Å². The smallest absolute Gasteiger partial charge is 0.231 e. The minimum Gasteiger partial charge on any atom is -0.454 e. The molecule has 0 N–H and O–H groups in total. The van der Waals surface area contributed by atoms with Gasteiger partial charge in [0.1, 0.15) is 0 Å². The first-order chi connectivity index (χ1) is 13.3. The van der Waals surface area contributed by atoms with Crippen LogP contribution in [0.1, 0.15) is 15.9 Å². The van der Waals surface area contributed by atoms with Crippen molar-refractivity contribution in [2.24, 2.45) is 0 Å². The van der Waals surface area contributed by atoms with E-state index in [4.69, 9.17) is 14.5 Å². The molecule has 0 atom stereocenters. The van der Waals surface area contributed by atoms with Crippen molar-refractivity contribution in [2.45, 2.75) is 0 Å². The Bertz CT molecular complexity index is 1170. The van der Waals surface area contributed by atoms with Gasteiger partial charge in [-0.25, -0.2) is 4.98 Å². The summed E-state index contributed by atoms with van der Waals surface area (Å²) >= 11 is 0. The summed E-state index contributed by atoms with van der Waals surface area (Å²) in [6, 6.07) is 24.7. The number of nitrogens with zero attached hydrogens (tertiary/aromatic N) is 1. The standard InChI is InChI=1S/C23H15NO3/c25-23(16-10-11-21-22(12-16)27-14-26-21)18-13-20(15-6-2-1-3-7-15)24-19-9-5-4-8-17(18)19/h1-13H,14H2. The van der Waals surface area contributed by atoms with Crippen molar-refractivity contribution < 1.29 is 14.3 Å². The van der Waals surface area contributed by atoms with Crippen LogP contribution in [0.15, 0.2) is 78.9 Å². The highest BCUT2D eigenvalue weighted by Crippen LogP contribution is 2.34. The number of hydrogen-bond acceptors (Lipinski definition) is 4. The molecule has 0 radical (unpaired) electrons. The van der Waals surface area contributed by atoms with E-state index in [1.165, 1.54) is 0 Å². The molecule has 4 aromatic rings. The molecule has 0 amide bonds. The second kappa shape index (κ2) is 6.25. The van der Waals surface area contributed by atoms with Gasteiger partial charge in [0.25, 0.3) is 0 Å². The van der Waals surface area contributed by atoms with E-state index in [9.17, 15) is 4.79 Å². The lowest BCUT2D eigenvalue weighted by Crippen LogP contribution is -2.04. The lowest BCUT2D eigenvalue weighted by Gasteiger charge is -2.10. The summed E-state index contributed by atoms with van der Waals surface area (Å²) in [5, 5.41) is 0.833. The molecule has 0 aliphatic carbocycles. The van der Waals surface area contributed by atoms with Crippen molar-refractivity contribution in [1.82, 2.24) is 4.98 Å². The van der Waals surface area contributed by atoms with E-state index in [1.54, 1.807) is 18.2 Å². The molecule has 1 aliphatic heterocycles. The fourth-order valence-electron chi connectivity index (χ4n) is 3.31. The van der Waals surface area contributed by atoms with Gasteiger partial charge in [-0.2, -0.15) is 0 Å². The van der Waals surface area contributed by atoms with E-state index in [-0.39, 0.29) is 12.6 Å². The molecule has 3 aromatic carbocycles. The number of benzene rings is 3. The Labute approximate surface area is 156 Å². The largest absolute Gasteiger partial charge is 0.454 e. The van der Waals surface area contributed by atoms with Gasteiger partial charge in [-0.15, -0.1) is 0 Å². The van der Waals surface area contributed by atoms with E-state index in [1.807, 2.05) is 60.7 Å². The van der Waals surface area contributed by atoms with E-state index >= 15 is 0 Å². The molecule has 0 bridgehead atoms. The number of carbonyl (C=O) groups excluding carboxylic acids is 1. The molecule has 0 fully saturated rings. The van der Waals surface area contributed by atoms with Crippen LogP contribution in [0.4, 0.5) is 0 Å². The molecule has 2 heterocycles. The van der Waals surface area contributed by atoms with Crippen molar-refractivity contribution in [3.63, 3.8) is 0 Å². The highest BCUT2D eigenvalue weighted by molar-refractivity contribution is 6.16. The van der Waals surface area contributed by atoms with Crippen molar-refractivity contribution in [3.8, 4) is 22.8 Å². The van der Waals surface area contributed by atoms with Gasteiger partial charge >= 0.3 is 0 Å². The van der Waals surface area contributed by atoms with Gasteiger partial charge in [0.15, 0.2) is 17.3 Å². The van der Waals surface area contributed by atoms with E-state index in [0.717, 1.165) is 22.2 Å². The second-order valence-electron chi connectivity index (χ2n) is 6.34. The number of hydrogen-bond donors (Lipinski definition) is 0. The lowest BCUT2D eigenvalue weighted by molar-refractivity contribution is 0.104. The van der Waals surface area contributed by atoms with Crippen molar-refractivity contribution in [1.29, 1.82) is 0 Å². The number of ether oxygens (including phenoxy) is 2. The highest BCUT2D eigenvalue weighted by Gasteiger charge is 2.19. The molecule has 1 aromatic heterocycles. The second-order valence-corrected chi connectivity index (χ2v) is 6.34. The zero-order valence-corrected chi connectivity index (χ0v) is 14.4. The minimum absolute atomic E-state index is 0.0657. The van der Waals surface area contributed by atoms with Crippen LogP contribution in [0.2, 0.25) is 0 Å². The first-order valence-electron chi connectivity index (χ1n) is 8.69. The maximum Gasteiger partial charge on any atom is 0.231 e. The fraction of sp³-hybridized carbons (Fsp3) is 0.0435. The first-order valence-corrected chi connectivity index (χ1v) is 8.69.